The van der Waals surface area contributed by atoms with Gasteiger partial charge in [0.05, 0.1) is 12.7 Å². The van der Waals surface area contributed by atoms with Crippen LogP contribution in [0.25, 0.3) is 0 Å². The summed E-state index contributed by atoms with van der Waals surface area (Å²) < 4.78 is 10.4. The molecule has 0 N–H and O–H groups in total. The van der Waals surface area contributed by atoms with Crippen molar-refractivity contribution in [3.8, 4) is 0 Å². The fraction of sp³-hybridized carbons (Fsp3) is 0.600. The van der Waals surface area contributed by atoms with Crippen LogP contribution in [0, 0.1) is 20.8 Å². The van der Waals surface area contributed by atoms with Crippen molar-refractivity contribution in [3.63, 3.8) is 0 Å². The number of carbonyl (C=O) groups excluding carboxylic acids is 2. The van der Waals surface area contributed by atoms with Crippen LogP contribution in [-0.4, -0.2) is 55.9 Å². The number of nitrogens with zero attached hydrogens (tertiary/aromatic N) is 2. The molecule has 1 aliphatic heterocycles. The summed E-state index contributed by atoms with van der Waals surface area (Å²) in [5, 5.41) is 0. The van der Waals surface area contributed by atoms with Crippen molar-refractivity contribution in [2.24, 2.45) is 0 Å². The maximum atomic E-state index is 12.3. The number of carbonyl (C=O) groups is 2. The standard InChI is InChI=1S/C20H30N2O4S/c1-12-15(18(23)25-7)13(2)17(27)14(3)16(12)21-8-10-22(11-9-21)19(24)26-20(4,5)6/h27H,8-11H2,1-7H3. The van der Waals surface area contributed by atoms with Crippen LogP contribution >= 0.6 is 12.6 Å². The smallest absolute Gasteiger partial charge is 0.410 e. The van der Waals surface area contributed by atoms with Crippen LogP contribution in [0.5, 0.6) is 0 Å². The molecule has 0 aromatic heterocycles. The van der Waals surface area contributed by atoms with Gasteiger partial charge < -0.3 is 19.3 Å². The Kier molecular flexibility index (Phi) is 6.35. The van der Waals surface area contributed by atoms with Gasteiger partial charge in [0.25, 0.3) is 0 Å². The molecule has 0 spiro atoms. The molecule has 7 heteroatoms. The molecule has 27 heavy (non-hydrogen) atoms. The Labute approximate surface area is 167 Å². The molecule has 1 aliphatic rings. The molecule has 150 valence electrons. The van der Waals surface area contributed by atoms with Gasteiger partial charge in [-0.25, -0.2) is 9.59 Å². The van der Waals surface area contributed by atoms with Gasteiger partial charge in [-0.1, -0.05) is 0 Å². The number of hydrogen-bond donors (Lipinski definition) is 1. The molecule has 0 bridgehead atoms. The first-order valence-corrected chi connectivity index (χ1v) is 9.56. The predicted molar refractivity (Wildman–Crippen MR) is 109 cm³/mol. The third-order valence-corrected chi connectivity index (χ3v) is 5.48. The summed E-state index contributed by atoms with van der Waals surface area (Å²) >= 11 is 4.63. The lowest BCUT2D eigenvalue weighted by molar-refractivity contribution is 0.0240. The van der Waals surface area contributed by atoms with Crippen molar-refractivity contribution in [2.75, 3.05) is 38.2 Å². The van der Waals surface area contributed by atoms with Crippen molar-refractivity contribution in [3.05, 3.63) is 22.3 Å². The third-order valence-electron chi connectivity index (χ3n) is 4.81. The average Bonchev–Trinajstić information content (AvgIpc) is 2.59. The summed E-state index contributed by atoms with van der Waals surface area (Å²) in [5.41, 5.74) is 3.81. The van der Waals surface area contributed by atoms with Crippen molar-refractivity contribution >= 4 is 30.4 Å². The molecule has 0 unspecified atom stereocenters. The van der Waals surface area contributed by atoms with Crippen LogP contribution in [0.1, 0.15) is 47.8 Å². The molecular weight excluding hydrogens is 364 g/mol. The van der Waals surface area contributed by atoms with Gasteiger partial charge in [0.1, 0.15) is 5.60 Å². The van der Waals surface area contributed by atoms with E-state index in [1.165, 1.54) is 7.11 Å². The molecule has 0 radical (unpaired) electrons. The molecule has 1 aromatic rings. The van der Waals surface area contributed by atoms with Crippen molar-refractivity contribution < 1.29 is 19.1 Å². The first kappa shape index (κ1) is 21.4. The zero-order chi connectivity index (χ0) is 20.5. The predicted octanol–water partition coefficient (Wildman–Crippen LogP) is 3.74. The van der Waals surface area contributed by atoms with E-state index in [9.17, 15) is 9.59 Å². The molecule has 1 aromatic carbocycles. The third kappa shape index (κ3) is 4.51. The lowest BCUT2D eigenvalue weighted by Gasteiger charge is -2.38. The van der Waals surface area contributed by atoms with Crippen LogP contribution < -0.4 is 4.90 Å². The first-order chi connectivity index (χ1) is 12.5. The highest BCUT2D eigenvalue weighted by molar-refractivity contribution is 7.80. The van der Waals surface area contributed by atoms with Crippen molar-refractivity contribution in [1.29, 1.82) is 0 Å². The van der Waals surface area contributed by atoms with E-state index in [2.05, 4.69) is 17.5 Å². The maximum Gasteiger partial charge on any atom is 0.410 e. The van der Waals surface area contributed by atoms with Crippen LogP contribution in [0.2, 0.25) is 0 Å². The van der Waals surface area contributed by atoms with Gasteiger partial charge in [-0.2, -0.15) is 0 Å². The minimum atomic E-state index is -0.505. The van der Waals surface area contributed by atoms with Crippen LogP contribution in [0.4, 0.5) is 10.5 Å². The Bertz CT molecular complexity index is 748. The largest absolute Gasteiger partial charge is 0.465 e. The second-order valence-corrected chi connectivity index (χ2v) is 8.34. The highest BCUT2D eigenvalue weighted by Gasteiger charge is 2.29. The Morgan fingerprint density at radius 2 is 1.52 bits per heavy atom. The molecule has 0 atom stereocenters. The fourth-order valence-corrected chi connectivity index (χ4v) is 3.73. The lowest BCUT2D eigenvalue weighted by atomic mass is 9.95. The Balaban J connectivity index is 2.27. The summed E-state index contributed by atoms with van der Waals surface area (Å²) in [6.07, 6.45) is -0.287. The van der Waals surface area contributed by atoms with E-state index in [0.717, 1.165) is 27.3 Å². The summed E-state index contributed by atoms with van der Waals surface area (Å²) in [6.45, 7) is 13.9. The van der Waals surface area contributed by atoms with E-state index in [-0.39, 0.29) is 12.1 Å². The van der Waals surface area contributed by atoms with Gasteiger partial charge in [-0.05, 0) is 58.2 Å². The van der Waals surface area contributed by atoms with Gasteiger partial charge in [-0.15, -0.1) is 12.6 Å². The van der Waals surface area contributed by atoms with Crippen LogP contribution in [0.3, 0.4) is 0 Å². The summed E-state index contributed by atoms with van der Waals surface area (Å²) in [6, 6.07) is 0. The molecule has 1 heterocycles. The number of anilines is 1. The number of amides is 1. The maximum absolute atomic E-state index is 12.3. The van der Waals surface area contributed by atoms with E-state index in [1.54, 1.807) is 4.90 Å². The van der Waals surface area contributed by atoms with Crippen LogP contribution in [0.15, 0.2) is 4.90 Å². The topological polar surface area (TPSA) is 59.1 Å². The quantitative estimate of drug-likeness (QED) is 0.612. The Hall–Kier alpha value is -1.89. The molecule has 2 rings (SSSR count). The van der Waals surface area contributed by atoms with Crippen molar-refractivity contribution in [1.82, 2.24) is 4.90 Å². The molecule has 1 saturated heterocycles. The van der Waals surface area contributed by atoms with E-state index in [4.69, 9.17) is 9.47 Å². The summed E-state index contributed by atoms with van der Waals surface area (Å²) in [4.78, 5) is 29.3. The first-order valence-electron chi connectivity index (χ1n) is 9.11. The second kappa shape index (κ2) is 8.00. The van der Waals surface area contributed by atoms with Gasteiger partial charge in [0.2, 0.25) is 0 Å². The van der Waals surface area contributed by atoms with Gasteiger partial charge in [0, 0.05) is 36.8 Å². The van der Waals surface area contributed by atoms with E-state index in [0.29, 0.717) is 31.7 Å². The monoisotopic (exact) mass is 394 g/mol. The number of benzene rings is 1. The van der Waals surface area contributed by atoms with Crippen molar-refractivity contribution in [2.45, 2.75) is 52.0 Å². The molecule has 0 saturated carbocycles. The second-order valence-electron chi connectivity index (χ2n) is 7.89. The minimum Gasteiger partial charge on any atom is -0.465 e. The molecule has 0 aliphatic carbocycles. The van der Waals surface area contributed by atoms with E-state index >= 15 is 0 Å². The van der Waals surface area contributed by atoms with Crippen LogP contribution in [-0.2, 0) is 9.47 Å². The number of ether oxygens (including phenoxy) is 2. The normalized spacial score (nSPS) is 15.0. The molecule has 1 fully saturated rings. The highest BCUT2D eigenvalue weighted by Crippen LogP contribution is 2.36. The SMILES string of the molecule is COC(=O)c1c(C)c(S)c(C)c(N2CCN(C(=O)OC(C)(C)C)CC2)c1C. The minimum absolute atomic E-state index is 0.287. The number of methoxy groups -OCH3 is 1. The lowest BCUT2D eigenvalue weighted by Crippen LogP contribution is -2.50. The zero-order valence-electron chi connectivity index (χ0n) is 17.3. The summed E-state index contributed by atoms with van der Waals surface area (Å²) in [7, 11) is 1.39. The van der Waals surface area contributed by atoms with Gasteiger partial charge in [0.15, 0.2) is 0 Å². The summed E-state index contributed by atoms with van der Waals surface area (Å²) in [5.74, 6) is -0.353. The highest BCUT2D eigenvalue weighted by atomic mass is 32.1. The average molecular weight is 395 g/mol. The van der Waals surface area contributed by atoms with Gasteiger partial charge >= 0.3 is 12.1 Å². The molecular formula is C20H30N2O4S. The number of piperazine rings is 1. The van der Waals surface area contributed by atoms with Gasteiger partial charge in [-0.3, -0.25) is 0 Å². The van der Waals surface area contributed by atoms with E-state index < -0.39 is 5.60 Å². The Morgan fingerprint density at radius 1 is 0.963 bits per heavy atom. The number of rotatable bonds is 2. The number of thiol groups is 1. The number of esters is 1. The zero-order valence-corrected chi connectivity index (χ0v) is 18.2. The Morgan fingerprint density at radius 3 is 2.00 bits per heavy atom. The fourth-order valence-electron chi connectivity index (χ4n) is 3.51. The number of hydrogen-bond acceptors (Lipinski definition) is 6. The van der Waals surface area contributed by atoms with E-state index in [1.807, 2.05) is 41.5 Å². The molecule has 1 amide bonds. The molecule has 6 nitrogen and oxygen atoms in total.